The van der Waals surface area contributed by atoms with Crippen LogP contribution in [-0.2, 0) is 9.53 Å². The van der Waals surface area contributed by atoms with Crippen LogP contribution in [0.4, 0.5) is 0 Å². The van der Waals surface area contributed by atoms with Crippen molar-refractivity contribution in [2.24, 2.45) is 11.8 Å². The molecule has 2 aliphatic rings. The molecule has 0 radical (unpaired) electrons. The highest BCUT2D eigenvalue weighted by Crippen LogP contribution is 2.37. The monoisotopic (exact) mass is 241 g/mol. The highest BCUT2D eigenvalue weighted by Gasteiger charge is 2.36. The first-order valence-electron chi connectivity index (χ1n) is 6.75. The van der Waals surface area contributed by atoms with Gasteiger partial charge in [-0.3, -0.25) is 4.79 Å². The van der Waals surface area contributed by atoms with Gasteiger partial charge in [-0.1, -0.05) is 6.42 Å². The van der Waals surface area contributed by atoms with Crippen molar-refractivity contribution in [1.82, 2.24) is 4.90 Å². The van der Waals surface area contributed by atoms with E-state index in [0.717, 1.165) is 24.9 Å². The van der Waals surface area contributed by atoms with E-state index in [-0.39, 0.29) is 12.4 Å². The third kappa shape index (κ3) is 3.42. The highest BCUT2D eigenvalue weighted by molar-refractivity contribution is 5.69. The minimum Gasteiger partial charge on any atom is -0.466 e. The molecule has 3 atom stereocenters. The molecule has 0 spiro atoms. The molecule has 2 rings (SSSR count). The second-order valence-electron chi connectivity index (χ2n) is 5.33. The summed E-state index contributed by atoms with van der Waals surface area (Å²) in [5.74, 6) is 1.38. The maximum absolute atomic E-state index is 11.2. The summed E-state index contributed by atoms with van der Waals surface area (Å²) in [4.78, 5) is 13.5. The lowest BCUT2D eigenvalue weighted by Gasteiger charge is -2.20. The molecule has 98 valence electrons. The van der Waals surface area contributed by atoms with Gasteiger partial charge in [0.1, 0.15) is 0 Å². The number of carbonyl (C=O) groups excluding carboxylic acids is 1. The molecule has 17 heavy (non-hydrogen) atoms. The van der Waals surface area contributed by atoms with Crippen LogP contribution in [0.25, 0.3) is 0 Å². The average molecular weight is 241 g/mol. The smallest absolute Gasteiger partial charge is 0.308 e. The number of aliphatic hydroxyl groups excluding tert-OH is 1. The van der Waals surface area contributed by atoms with Crippen LogP contribution >= 0.6 is 0 Å². The number of aliphatic hydroxyl groups is 1. The summed E-state index contributed by atoms with van der Waals surface area (Å²) in [7, 11) is 0. The normalized spacial score (nSPS) is 30.2. The number of carbonyl (C=O) groups is 1. The van der Waals surface area contributed by atoms with E-state index >= 15 is 0 Å². The summed E-state index contributed by atoms with van der Waals surface area (Å²) < 4.78 is 4.83. The summed E-state index contributed by atoms with van der Waals surface area (Å²) >= 11 is 0. The van der Waals surface area contributed by atoms with Crippen LogP contribution in [0.5, 0.6) is 0 Å². The maximum atomic E-state index is 11.2. The number of hydrogen-bond acceptors (Lipinski definition) is 4. The third-order valence-electron chi connectivity index (χ3n) is 3.98. The zero-order chi connectivity index (χ0) is 12.3. The van der Waals surface area contributed by atoms with Crippen LogP contribution in [0, 0.1) is 11.8 Å². The number of nitrogens with zero attached hydrogens (tertiary/aromatic N) is 1. The van der Waals surface area contributed by atoms with Crippen molar-refractivity contribution < 1.29 is 14.6 Å². The van der Waals surface area contributed by atoms with E-state index in [2.05, 4.69) is 4.90 Å². The van der Waals surface area contributed by atoms with Crippen molar-refractivity contribution in [3.8, 4) is 0 Å². The zero-order valence-corrected chi connectivity index (χ0v) is 10.6. The predicted molar refractivity (Wildman–Crippen MR) is 64.5 cm³/mol. The van der Waals surface area contributed by atoms with Gasteiger partial charge in [-0.05, 0) is 31.6 Å². The van der Waals surface area contributed by atoms with Crippen LogP contribution in [0.3, 0.4) is 0 Å². The molecule has 0 aromatic carbocycles. The van der Waals surface area contributed by atoms with Crippen molar-refractivity contribution >= 4 is 5.97 Å². The number of β-amino-alcohol motifs (C(OH)–C–C–N with tert-alkyl or cyclic N) is 1. The number of esters is 1. The number of rotatable bonds is 5. The SMILES string of the molecule is CCOC(=O)CC(O)CN1CC2CCCC2C1. The molecule has 0 bridgehead atoms. The summed E-state index contributed by atoms with van der Waals surface area (Å²) in [6, 6.07) is 0. The van der Waals surface area contributed by atoms with Crippen molar-refractivity contribution in [3.05, 3.63) is 0 Å². The highest BCUT2D eigenvalue weighted by atomic mass is 16.5. The van der Waals surface area contributed by atoms with E-state index in [1.54, 1.807) is 6.92 Å². The molecule has 0 aromatic rings. The fraction of sp³-hybridized carbons (Fsp3) is 0.923. The molecule has 0 amide bonds. The first-order valence-corrected chi connectivity index (χ1v) is 6.75. The molecule has 4 nitrogen and oxygen atoms in total. The van der Waals surface area contributed by atoms with Crippen molar-refractivity contribution in [2.45, 2.75) is 38.7 Å². The van der Waals surface area contributed by atoms with Gasteiger partial charge < -0.3 is 14.7 Å². The Hall–Kier alpha value is -0.610. The maximum Gasteiger partial charge on any atom is 0.308 e. The predicted octanol–water partition coefficient (Wildman–Crippen LogP) is 1.03. The minimum atomic E-state index is -0.576. The van der Waals surface area contributed by atoms with Gasteiger partial charge in [-0.2, -0.15) is 0 Å². The fourth-order valence-electron chi connectivity index (χ4n) is 3.26. The van der Waals surface area contributed by atoms with Gasteiger partial charge >= 0.3 is 5.97 Å². The molecule has 1 saturated carbocycles. The van der Waals surface area contributed by atoms with Gasteiger partial charge in [0.2, 0.25) is 0 Å². The largest absolute Gasteiger partial charge is 0.466 e. The summed E-state index contributed by atoms with van der Waals surface area (Å²) in [6.45, 7) is 4.99. The molecule has 1 N–H and O–H groups in total. The van der Waals surface area contributed by atoms with Gasteiger partial charge in [0.15, 0.2) is 0 Å². The van der Waals surface area contributed by atoms with E-state index in [4.69, 9.17) is 4.74 Å². The molecule has 1 aliphatic carbocycles. The standard InChI is InChI=1S/C13H23NO3/c1-2-17-13(16)6-12(15)9-14-7-10-4-3-5-11(10)8-14/h10-12,15H,2-9H2,1H3. The molecule has 0 aromatic heterocycles. The van der Waals surface area contributed by atoms with Crippen molar-refractivity contribution in [1.29, 1.82) is 0 Å². The third-order valence-corrected chi connectivity index (χ3v) is 3.98. The molecular formula is C13H23NO3. The van der Waals surface area contributed by atoms with Gasteiger partial charge in [0, 0.05) is 19.6 Å². The van der Waals surface area contributed by atoms with Gasteiger partial charge in [0.25, 0.3) is 0 Å². The van der Waals surface area contributed by atoms with Crippen molar-refractivity contribution in [2.75, 3.05) is 26.2 Å². The average Bonchev–Trinajstić information content (AvgIpc) is 2.77. The van der Waals surface area contributed by atoms with Gasteiger partial charge in [-0.25, -0.2) is 0 Å². The minimum absolute atomic E-state index is 0.125. The van der Waals surface area contributed by atoms with E-state index in [0.29, 0.717) is 13.2 Å². The first kappa shape index (κ1) is 12.8. The summed E-state index contributed by atoms with van der Waals surface area (Å²) in [5.41, 5.74) is 0. The Balaban J connectivity index is 1.69. The molecule has 1 aliphatic heterocycles. The zero-order valence-electron chi connectivity index (χ0n) is 10.6. The number of ether oxygens (including phenoxy) is 1. The van der Waals surface area contributed by atoms with Gasteiger partial charge in [0.05, 0.1) is 19.1 Å². The lowest BCUT2D eigenvalue weighted by Crippen LogP contribution is -2.33. The summed E-state index contributed by atoms with van der Waals surface area (Å²) in [5, 5.41) is 9.83. The molecule has 1 saturated heterocycles. The van der Waals surface area contributed by atoms with Crippen LogP contribution < -0.4 is 0 Å². The molecule has 4 heteroatoms. The van der Waals surface area contributed by atoms with E-state index in [1.807, 2.05) is 0 Å². The van der Waals surface area contributed by atoms with E-state index in [9.17, 15) is 9.90 Å². The number of hydrogen-bond donors (Lipinski definition) is 1. The fourth-order valence-corrected chi connectivity index (χ4v) is 3.26. The Kier molecular flexibility index (Phi) is 4.40. The van der Waals surface area contributed by atoms with E-state index < -0.39 is 6.10 Å². The quantitative estimate of drug-likeness (QED) is 0.730. The molecular weight excluding hydrogens is 218 g/mol. The Labute approximate surface area is 103 Å². The van der Waals surface area contributed by atoms with Crippen molar-refractivity contribution in [3.63, 3.8) is 0 Å². The van der Waals surface area contributed by atoms with Gasteiger partial charge in [-0.15, -0.1) is 0 Å². The van der Waals surface area contributed by atoms with E-state index in [1.165, 1.54) is 19.3 Å². The molecule has 1 heterocycles. The van der Waals surface area contributed by atoms with Crippen LogP contribution in [0.2, 0.25) is 0 Å². The lowest BCUT2D eigenvalue weighted by atomic mass is 10.0. The number of likely N-dealkylation sites (tertiary alicyclic amines) is 1. The summed E-state index contributed by atoms with van der Waals surface area (Å²) in [6.07, 6.45) is 3.60. The second kappa shape index (κ2) is 5.83. The van der Waals surface area contributed by atoms with Crippen LogP contribution in [-0.4, -0.2) is 48.3 Å². The first-order chi connectivity index (χ1) is 8.19. The topological polar surface area (TPSA) is 49.8 Å². The molecule has 2 fully saturated rings. The van der Waals surface area contributed by atoms with Crippen LogP contribution in [0.1, 0.15) is 32.6 Å². The Morgan fingerprint density at radius 1 is 1.41 bits per heavy atom. The Morgan fingerprint density at radius 2 is 2.06 bits per heavy atom. The second-order valence-corrected chi connectivity index (χ2v) is 5.33. The number of fused-ring (bicyclic) bond motifs is 1. The lowest BCUT2D eigenvalue weighted by molar-refractivity contribution is -0.145. The molecule has 3 unspecified atom stereocenters. The van der Waals surface area contributed by atoms with Crippen LogP contribution in [0.15, 0.2) is 0 Å². The Morgan fingerprint density at radius 3 is 2.65 bits per heavy atom. The Bertz CT molecular complexity index is 257.